The standard InChI is InChI=1S/C19H24N8O/c1-12(21)6-16(22-3)10-25-19(28)27-18-8-14(9-20)17(11-24-18)26-15-4-5-23-13(2)7-15/h4-9,11,20-22H,10H2,1-3H3,(H,23,26)(H2,24,25,27,28)/p+2/b16-6-,20-9?,21-12?. The highest BCUT2D eigenvalue weighted by molar-refractivity contribution is 5.92. The van der Waals surface area contributed by atoms with Gasteiger partial charge in [0.15, 0.2) is 5.69 Å². The normalized spacial score (nSPS) is 11.0. The maximum absolute atomic E-state index is 12.1. The molecular weight excluding hydrogens is 356 g/mol. The molecule has 2 amide bonds. The van der Waals surface area contributed by atoms with Gasteiger partial charge in [0.25, 0.3) is 0 Å². The number of carbonyl (C=O) groups is 1. The lowest BCUT2D eigenvalue weighted by Gasteiger charge is -2.09. The number of carbonyl (C=O) groups excluding carboxylic acids is 1. The van der Waals surface area contributed by atoms with Crippen LogP contribution in [0.25, 0.3) is 0 Å². The van der Waals surface area contributed by atoms with Gasteiger partial charge < -0.3 is 21.5 Å². The molecule has 0 bridgehead atoms. The summed E-state index contributed by atoms with van der Waals surface area (Å²) in [5, 5.41) is 24.3. The average molecular weight is 382 g/mol. The van der Waals surface area contributed by atoms with Crippen molar-refractivity contribution in [2.75, 3.05) is 18.9 Å². The molecule has 0 saturated heterocycles. The minimum absolute atomic E-state index is 0.309. The van der Waals surface area contributed by atoms with E-state index >= 15 is 0 Å². The van der Waals surface area contributed by atoms with E-state index in [9.17, 15) is 4.79 Å². The van der Waals surface area contributed by atoms with E-state index in [1.807, 2.05) is 36.7 Å². The molecule has 9 nitrogen and oxygen atoms in total. The number of anilines is 1. The van der Waals surface area contributed by atoms with Crippen molar-refractivity contribution in [3.63, 3.8) is 0 Å². The van der Waals surface area contributed by atoms with Crippen molar-refractivity contribution >= 4 is 35.2 Å². The van der Waals surface area contributed by atoms with Crippen LogP contribution in [0.4, 0.5) is 22.0 Å². The number of quaternary nitrogens is 2. The van der Waals surface area contributed by atoms with E-state index in [1.165, 1.54) is 6.21 Å². The van der Waals surface area contributed by atoms with Crippen LogP contribution >= 0.6 is 0 Å². The number of likely N-dealkylation sites (N-methyl/N-ethyl adjacent to an activating group) is 1. The Hall–Kier alpha value is -3.43. The molecule has 2 rings (SSSR count). The summed E-state index contributed by atoms with van der Waals surface area (Å²) < 4.78 is 0. The van der Waals surface area contributed by atoms with Gasteiger partial charge in [-0.05, 0) is 19.9 Å². The number of hydrogen-bond acceptors (Lipinski definition) is 5. The van der Waals surface area contributed by atoms with Gasteiger partial charge in [-0.3, -0.25) is 15.6 Å². The van der Waals surface area contributed by atoms with E-state index in [1.54, 1.807) is 31.5 Å². The quantitative estimate of drug-likeness (QED) is 0.370. The Morgan fingerprint density at radius 1 is 1.32 bits per heavy atom. The van der Waals surface area contributed by atoms with Crippen LogP contribution in [0.15, 0.2) is 42.4 Å². The number of nitrogens with zero attached hydrogens (tertiary/aromatic N) is 2. The van der Waals surface area contributed by atoms with Gasteiger partial charge >= 0.3 is 6.03 Å². The molecule has 0 spiro atoms. The molecule has 0 aliphatic carbocycles. The van der Waals surface area contributed by atoms with E-state index in [4.69, 9.17) is 10.8 Å². The molecule has 0 aromatic carbocycles. The zero-order valence-electron chi connectivity index (χ0n) is 16.2. The number of aryl methyl sites for hydroxylation is 1. The van der Waals surface area contributed by atoms with Crippen LogP contribution in [-0.2, 0) is 0 Å². The number of hydrogen-bond donors (Lipinski definition) is 6. The molecule has 0 saturated carbocycles. The third-order valence-electron chi connectivity index (χ3n) is 3.83. The molecule has 0 fully saturated rings. The van der Waals surface area contributed by atoms with Crippen LogP contribution in [0.3, 0.4) is 0 Å². The summed E-state index contributed by atoms with van der Waals surface area (Å²) in [6.07, 6.45) is 6.27. The van der Waals surface area contributed by atoms with Crippen molar-refractivity contribution in [3.05, 3.63) is 53.6 Å². The molecule has 0 aliphatic rings. The lowest BCUT2D eigenvalue weighted by Crippen LogP contribution is -2.79. The summed E-state index contributed by atoms with van der Waals surface area (Å²) in [6, 6.07) is 5.07. The topological polar surface area (TPSA) is 148 Å². The van der Waals surface area contributed by atoms with Crippen molar-refractivity contribution in [3.8, 4) is 0 Å². The van der Waals surface area contributed by atoms with Gasteiger partial charge in [0.2, 0.25) is 0 Å². The van der Waals surface area contributed by atoms with Gasteiger partial charge in [0.1, 0.15) is 17.2 Å². The van der Waals surface area contributed by atoms with Crippen LogP contribution in [0.2, 0.25) is 0 Å². The van der Waals surface area contributed by atoms with Crippen molar-refractivity contribution in [1.29, 1.82) is 10.8 Å². The maximum Gasteiger partial charge on any atom is 0.320 e. The monoisotopic (exact) mass is 382 g/mol. The highest BCUT2D eigenvalue weighted by Gasteiger charge is 2.11. The Morgan fingerprint density at radius 2 is 2.11 bits per heavy atom. The van der Waals surface area contributed by atoms with Crippen molar-refractivity contribution in [2.24, 2.45) is 0 Å². The van der Waals surface area contributed by atoms with Gasteiger partial charge in [-0.2, -0.15) is 0 Å². The molecule has 0 unspecified atom stereocenters. The first-order chi connectivity index (χ1) is 13.4. The molecule has 2 heterocycles. The van der Waals surface area contributed by atoms with Gasteiger partial charge in [-0.1, -0.05) is 0 Å². The number of nitrogens with two attached hydrogens (primary N) is 2. The van der Waals surface area contributed by atoms with Gasteiger partial charge in [0.05, 0.1) is 25.4 Å². The van der Waals surface area contributed by atoms with Crippen LogP contribution in [-0.4, -0.2) is 41.5 Å². The molecule has 0 radical (unpaired) electrons. The lowest BCUT2D eigenvalue weighted by atomic mass is 10.2. The zero-order chi connectivity index (χ0) is 20.5. The van der Waals surface area contributed by atoms with Crippen LogP contribution in [0.1, 0.15) is 18.2 Å². The Kier molecular flexibility index (Phi) is 7.49. The Balaban J connectivity index is 2.04. The number of rotatable bonds is 8. The minimum atomic E-state index is -0.402. The molecule has 0 atom stereocenters. The second-order valence-corrected chi connectivity index (χ2v) is 6.22. The number of pyridine rings is 2. The fourth-order valence-electron chi connectivity index (χ4n) is 2.49. The Morgan fingerprint density at radius 3 is 2.75 bits per heavy atom. The minimum Gasteiger partial charge on any atom is -0.328 e. The fraction of sp³-hybridized carbons (Fsp3) is 0.211. The third kappa shape index (κ3) is 6.38. The van der Waals surface area contributed by atoms with E-state index < -0.39 is 6.03 Å². The summed E-state index contributed by atoms with van der Waals surface area (Å²) in [5.74, 6) is 0.355. The van der Waals surface area contributed by atoms with Gasteiger partial charge in [-0.25, -0.2) is 9.78 Å². The summed E-state index contributed by atoms with van der Waals surface area (Å²) >= 11 is 0. The number of nitrogens with one attached hydrogen (secondary N) is 4. The number of allylic oxidation sites excluding steroid dienone is 1. The molecular formula is C19H26N8O+2. The molecule has 8 N–H and O–H groups in total. The first-order valence-corrected chi connectivity index (χ1v) is 8.79. The molecule has 2 aromatic rings. The molecule has 146 valence electrons. The van der Waals surface area contributed by atoms with Crippen LogP contribution in [0.5, 0.6) is 0 Å². The second-order valence-electron chi connectivity index (χ2n) is 6.22. The average Bonchev–Trinajstić information content (AvgIpc) is 2.66. The first kappa shape index (κ1) is 20.9. The Bertz CT molecular complexity index is 907. The highest BCUT2D eigenvalue weighted by atomic mass is 16.2. The van der Waals surface area contributed by atoms with E-state index in [0.717, 1.165) is 22.8 Å². The predicted octanol–water partition coefficient (Wildman–Crippen LogP) is 0.548. The highest BCUT2D eigenvalue weighted by Crippen LogP contribution is 2.13. The van der Waals surface area contributed by atoms with E-state index in [2.05, 4.69) is 20.6 Å². The molecule has 0 aliphatic heterocycles. The summed E-state index contributed by atoms with van der Waals surface area (Å²) in [4.78, 5) is 20.5. The van der Waals surface area contributed by atoms with Gasteiger partial charge in [0, 0.05) is 42.0 Å². The largest absolute Gasteiger partial charge is 0.328 e. The predicted molar refractivity (Wildman–Crippen MR) is 109 cm³/mol. The van der Waals surface area contributed by atoms with E-state index in [0.29, 0.717) is 23.6 Å². The van der Waals surface area contributed by atoms with Crippen molar-refractivity contribution in [2.45, 2.75) is 13.8 Å². The molecule has 9 heteroatoms. The van der Waals surface area contributed by atoms with Crippen LogP contribution in [0, 0.1) is 17.7 Å². The third-order valence-corrected chi connectivity index (χ3v) is 3.83. The number of amides is 2. The summed E-state index contributed by atoms with van der Waals surface area (Å²) in [7, 11) is 1.85. The number of urea groups is 1. The zero-order valence-corrected chi connectivity index (χ0v) is 16.2. The summed E-state index contributed by atoms with van der Waals surface area (Å²) in [6.45, 7) is 3.90. The number of aromatic nitrogens is 2. The summed E-state index contributed by atoms with van der Waals surface area (Å²) in [5.41, 5.74) is 4.55. The Labute approximate surface area is 163 Å². The van der Waals surface area contributed by atoms with Crippen molar-refractivity contribution in [1.82, 2.24) is 15.3 Å². The van der Waals surface area contributed by atoms with Crippen molar-refractivity contribution < 1.29 is 15.4 Å². The smallest absolute Gasteiger partial charge is 0.320 e. The maximum atomic E-state index is 12.1. The molecule has 28 heavy (non-hydrogen) atoms. The molecule has 2 aromatic heterocycles. The second kappa shape index (κ2) is 10.0. The lowest BCUT2D eigenvalue weighted by molar-refractivity contribution is -0.576. The SMILES string of the molecule is C[NH2+]/C(=C\C(C)=N)CNC(=O)Nc1cc(C=N)c([NH2+]c2ccnc(C)c2)cn1. The van der Waals surface area contributed by atoms with Crippen LogP contribution < -0.4 is 21.3 Å². The fourth-order valence-corrected chi connectivity index (χ4v) is 2.49. The van der Waals surface area contributed by atoms with Gasteiger partial charge in [-0.15, -0.1) is 0 Å². The first-order valence-electron chi connectivity index (χ1n) is 8.79. The van der Waals surface area contributed by atoms with E-state index in [-0.39, 0.29) is 0 Å².